The van der Waals surface area contributed by atoms with Crippen LogP contribution in [-0.2, 0) is 11.3 Å². The van der Waals surface area contributed by atoms with Gasteiger partial charge in [-0.25, -0.2) is 4.68 Å². The van der Waals surface area contributed by atoms with Gasteiger partial charge in [0.1, 0.15) is 12.2 Å². The molecule has 0 spiro atoms. The lowest BCUT2D eigenvalue weighted by molar-refractivity contribution is -0.383. The summed E-state index contributed by atoms with van der Waals surface area (Å²) < 4.78 is 0.994. The molecule has 0 atom stereocenters. The molecule has 9 heteroatoms. The summed E-state index contributed by atoms with van der Waals surface area (Å²) in [6.07, 6.45) is 0. The molecule has 2 aromatic carbocycles. The SMILES string of the molecule is O=C(Cn1nc(-c2ccc(Cl)cc2)ccc1=O)Nc1ccccc1[N+](=O)[O-]. The minimum absolute atomic E-state index is 0.0504. The summed E-state index contributed by atoms with van der Waals surface area (Å²) in [6.45, 7) is -0.383. The Morgan fingerprint density at radius 3 is 2.52 bits per heavy atom. The molecule has 3 rings (SSSR count). The first-order valence-electron chi connectivity index (χ1n) is 7.81. The van der Waals surface area contributed by atoms with E-state index < -0.39 is 16.4 Å². The predicted molar refractivity (Wildman–Crippen MR) is 101 cm³/mol. The maximum atomic E-state index is 12.3. The number of nitro groups is 1. The third kappa shape index (κ3) is 4.36. The molecule has 0 saturated heterocycles. The van der Waals surface area contributed by atoms with Crippen molar-refractivity contribution in [1.82, 2.24) is 9.78 Å². The van der Waals surface area contributed by atoms with Crippen LogP contribution in [0.2, 0.25) is 5.02 Å². The zero-order chi connectivity index (χ0) is 19.4. The van der Waals surface area contributed by atoms with Crippen LogP contribution in [0.4, 0.5) is 11.4 Å². The van der Waals surface area contributed by atoms with Crippen LogP contribution in [0.3, 0.4) is 0 Å². The summed E-state index contributed by atoms with van der Waals surface area (Å²) in [4.78, 5) is 34.7. The zero-order valence-electron chi connectivity index (χ0n) is 13.8. The monoisotopic (exact) mass is 384 g/mol. The maximum Gasteiger partial charge on any atom is 0.292 e. The van der Waals surface area contributed by atoms with Gasteiger partial charge in [0.05, 0.1) is 10.6 Å². The van der Waals surface area contributed by atoms with Crippen molar-refractivity contribution < 1.29 is 9.72 Å². The van der Waals surface area contributed by atoms with Crippen molar-refractivity contribution in [3.05, 3.63) is 86.2 Å². The van der Waals surface area contributed by atoms with E-state index in [4.69, 9.17) is 11.6 Å². The summed E-state index contributed by atoms with van der Waals surface area (Å²) in [7, 11) is 0. The molecule has 0 aliphatic heterocycles. The van der Waals surface area contributed by atoms with Crippen molar-refractivity contribution in [1.29, 1.82) is 0 Å². The Morgan fingerprint density at radius 2 is 1.81 bits per heavy atom. The van der Waals surface area contributed by atoms with Gasteiger partial charge in [0.2, 0.25) is 5.91 Å². The van der Waals surface area contributed by atoms with Crippen LogP contribution in [0.5, 0.6) is 0 Å². The lowest BCUT2D eigenvalue weighted by Crippen LogP contribution is -2.29. The molecule has 3 aromatic rings. The molecule has 0 radical (unpaired) electrons. The van der Waals surface area contributed by atoms with Crippen molar-refractivity contribution in [2.75, 3.05) is 5.32 Å². The van der Waals surface area contributed by atoms with E-state index >= 15 is 0 Å². The number of carbonyl (C=O) groups excluding carboxylic acids is 1. The van der Waals surface area contributed by atoms with Gasteiger partial charge in [0.15, 0.2) is 0 Å². The second-order valence-electron chi connectivity index (χ2n) is 5.54. The third-order valence-corrected chi connectivity index (χ3v) is 3.93. The van der Waals surface area contributed by atoms with E-state index in [0.29, 0.717) is 10.7 Å². The first kappa shape index (κ1) is 18.3. The molecule has 0 unspecified atom stereocenters. The third-order valence-electron chi connectivity index (χ3n) is 3.67. The van der Waals surface area contributed by atoms with E-state index in [0.717, 1.165) is 10.2 Å². The highest BCUT2D eigenvalue weighted by Gasteiger charge is 2.15. The fourth-order valence-corrected chi connectivity index (χ4v) is 2.53. The molecule has 136 valence electrons. The Morgan fingerprint density at radius 1 is 1.11 bits per heavy atom. The average Bonchev–Trinajstić information content (AvgIpc) is 2.64. The van der Waals surface area contributed by atoms with Gasteiger partial charge >= 0.3 is 0 Å². The minimum atomic E-state index is -0.604. The molecular weight excluding hydrogens is 372 g/mol. The normalized spacial score (nSPS) is 10.4. The van der Waals surface area contributed by atoms with Gasteiger partial charge < -0.3 is 5.32 Å². The number of nitrogens with zero attached hydrogens (tertiary/aromatic N) is 3. The van der Waals surface area contributed by atoms with Crippen LogP contribution in [-0.4, -0.2) is 20.6 Å². The Kier molecular flexibility index (Phi) is 5.28. The van der Waals surface area contributed by atoms with E-state index in [-0.39, 0.29) is 17.9 Å². The Bertz CT molecular complexity index is 1060. The van der Waals surface area contributed by atoms with Crippen LogP contribution >= 0.6 is 11.6 Å². The van der Waals surface area contributed by atoms with Crippen LogP contribution < -0.4 is 10.9 Å². The van der Waals surface area contributed by atoms with Crippen LogP contribution in [0, 0.1) is 10.1 Å². The summed E-state index contributed by atoms with van der Waals surface area (Å²) in [5.41, 5.74) is 0.568. The second-order valence-corrected chi connectivity index (χ2v) is 5.98. The molecule has 27 heavy (non-hydrogen) atoms. The van der Waals surface area contributed by atoms with Gasteiger partial charge in [-0.1, -0.05) is 35.9 Å². The van der Waals surface area contributed by atoms with Gasteiger partial charge in [-0.3, -0.25) is 19.7 Å². The smallest absolute Gasteiger partial charge is 0.292 e. The number of hydrogen-bond acceptors (Lipinski definition) is 5. The largest absolute Gasteiger partial charge is 0.319 e. The Balaban J connectivity index is 1.82. The number of hydrogen-bond donors (Lipinski definition) is 1. The highest BCUT2D eigenvalue weighted by Crippen LogP contribution is 2.23. The summed E-state index contributed by atoms with van der Waals surface area (Å²) in [6, 6.07) is 15.5. The molecular formula is C18H13ClN4O4. The van der Waals surface area contributed by atoms with Crippen LogP contribution in [0.1, 0.15) is 0 Å². The van der Waals surface area contributed by atoms with Crippen molar-refractivity contribution >= 4 is 28.9 Å². The zero-order valence-corrected chi connectivity index (χ0v) is 14.6. The van der Waals surface area contributed by atoms with Gasteiger partial charge in [0.25, 0.3) is 11.2 Å². The molecule has 0 aliphatic carbocycles. The van der Waals surface area contributed by atoms with Crippen molar-refractivity contribution in [3.8, 4) is 11.3 Å². The fourth-order valence-electron chi connectivity index (χ4n) is 2.40. The number of benzene rings is 2. The molecule has 1 amide bonds. The quantitative estimate of drug-likeness (QED) is 0.537. The first-order chi connectivity index (χ1) is 12.9. The van der Waals surface area contributed by atoms with Crippen molar-refractivity contribution in [2.24, 2.45) is 0 Å². The van der Waals surface area contributed by atoms with Gasteiger partial charge in [0, 0.05) is 22.7 Å². The van der Waals surface area contributed by atoms with Gasteiger partial charge in [-0.05, 0) is 24.3 Å². The number of rotatable bonds is 5. The average molecular weight is 385 g/mol. The van der Waals surface area contributed by atoms with E-state index in [9.17, 15) is 19.7 Å². The van der Waals surface area contributed by atoms with E-state index in [1.165, 1.54) is 24.3 Å². The molecule has 0 fully saturated rings. The van der Waals surface area contributed by atoms with E-state index in [1.54, 1.807) is 36.4 Å². The number of carbonyl (C=O) groups is 1. The molecule has 0 saturated carbocycles. The fraction of sp³-hybridized carbons (Fsp3) is 0.0556. The highest BCUT2D eigenvalue weighted by atomic mass is 35.5. The van der Waals surface area contributed by atoms with E-state index in [1.807, 2.05) is 0 Å². The molecule has 0 bridgehead atoms. The predicted octanol–water partition coefficient (Wildman–Crippen LogP) is 3.11. The number of anilines is 1. The second kappa shape index (κ2) is 7.79. The van der Waals surface area contributed by atoms with Crippen molar-refractivity contribution in [2.45, 2.75) is 6.54 Å². The summed E-state index contributed by atoms with van der Waals surface area (Å²) >= 11 is 5.86. The molecule has 8 nitrogen and oxygen atoms in total. The highest BCUT2D eigenvalue weighted by molar-refractivity contribution is 6.30. The Labute approximate surface area is 158 Å². The lowest BCUT2D eigenvalue weighted by atomic mass is 10.1. The maximum absolute atomic E-state index is 12.3. The van der Waals surface area contributed by atoms with Crippen molar-refractivity contribution in [3.63, 3.8) is 0 Å². The van der Waals surface area contributed by atoms with Crippen LogP contribution in [0.15, 0.2) is 65.5 Å². The summed E-state index contributed by atoms with van der Waals surface area (Å²) in [5.74, 6) is -0.604. The molecule has 1 N–H and O–H groups in total. The first-order valence-corrected chi connectivity index (χ1v) is 8.19. The number of para-hydroxylation sites is 2. The molecule has 1 aromatic heterocycles. The molecule has 1 heterocycles. The molecule has 0 aliphatic rings. The van der Waals surface area contributed by atoms with Gasteiger partial charge in [-0.15, -0.1) is 0 Å². The standard InChI is InChI=1S/C18H13ClN4O4/c19-13-7-5-12(6-8-13)14-9-10-18(25)22(21-14)11-17(24)20-15-3-1-2-4-16(15)23(26)27/h1-10H,11H2,(H,20,24). The van der Waals surface area contributed by atoms with Crippen LogP contribution in [0.25, 0.3) is 11.3 Å². The minimum Gasteiger partial charge on any atom is -0.319 e. The van der Waals surface area contributed by atoms with Gasteiger partial charge in [-0.2, -0.15) is 5.10 Å². The Hall–Kier alpha value is -3.52. The topological polar surface area (TPSA) is 107 Å². The number of aromatic nitrogens is 2. The summed E-state index contributed by atoms with van der Waals surface area (Å²) in [5, 5.41) is 18.2. The van der Waals surface area contributed by atoms with E-state index in [2.05, 4.69) is 10.4 Å². The number of amides is 1. The lowest BCUT2D eigenvalue weighted by Gasteiger charge is -2.08. The number of nitrogens with one attached hydrogen (secondary N) is 1. The number of nitro benzene ring substituents is 1. The number of halogens is 1.